The molecule has 1 unspecified atom stereocenters. The molecule has 1 saturated heterocycles. The van der Waals surface area contributed by atoms with E-state index in [2.05, 4.69) is 16.8 Å². The molecule has 1 aromatic carbocycles. The molecular formula is C19H22ClN3O2. The Balaban J connectivity index is 2.08. The van der Waals surface area contributed by atoms with Crippen LogP contribution in [-0.4, -0.2) is 35.1 Å². The summed E-state index contributed by atoms with van der Waals surface area (Å²) in [5, 5.41) is 0.587. The second-order valence-corrected chi connectivity index (χ2v) is 6.58. The van der Waals surface area contributed by atoms with Crippen molar-refractivity contribution in [2.45, 2.75) is 39.2 Å². The number of carbonyl (C=O) groups excluding carboxylic acids is 1. The van der Waals surface area contributed by atoms with Crippen LogP contribution in [0.15, 0.2) is 30.5 Å². The number of hydrogen-bond donors (Lipinski definition) is 0. The fourth-order valence-electron chi connectivity index (χ4n) is 3.13. The van der Waals surface area contributed by atoms with Gasteiger partial charge in [-0.2, -0.15) is 0 Å². The summed E-state index contributed by atoms with van der Waals surface area (Å²) in [4.78, 5) is 23.6. The number of ether oxygens (including phenoxy) is 1. The Hall–Kier alpha value is -2.14. The average Bonchev–Trinajstić information content (AvgIpc) is 2.62. The first-order valence-electron chi connectivity index (χ1n) is 8.67. The van der Waals surface area contributed by atoms with Crippen molar-refractivity contribution in [3.63, 3.8) is 0 Å². The highest BCUT2D eigenvalue weighted by Gasteiger charge is 2.26. The zero-order chi connectivity index (χ0) is 17.8. The van der Waals surface area contributed by atoms with Crippen molar-refractivity contribution in [1.29, 1.82) is 0 Å². The highest BCUT2D eigenvalue weighted by atomic mass is 35.5. The molecule has 1 aliphatic heterocycles. The minimum Gasteiger partial charge on any atom is -0.462 e. The summed E-state index contributed by atoms with van der Waals surface area (Å²) in [5.41, 5.74) is 1.16. The van der Waals surface area contributed by atoms with E-state index in [4.69, 9.17) is 21.3 Å². The van der Waals surface area contributed by atoms with E-state index in [1.165, 1.54) is 6.42 Å². The average molecular weight is 360 g/mol. The van der Waals surface area contributed by atoms with Gasteiger partial charge in [0.05, 0.1) is 11.6 Å². The first kappa shape index (κ1) is 17.7. The Morgan fingerprint density at radius 2 is 2.16 bits per heavy atom. The lowest BCUT2D eigenvalue weighted by Gasteiger charge is -2.35. The van der Waals surface area contributed by atoms with E-state index in [1.54, 1.807) is 13.1 Å². The third-order valence-electron chi connectivity index (χ3n) is 4.45. The number of halogens is 1. The van der Waals surface area contributed by atoms with Gasteiger partial charge in [0.15, 0.2) is 5.82 Å². The summed E-state index contributed by atoms with van der Waals surface area (Å²) in [6.45, 7) is 5.14. The number of carbonyl (C=O) groups is 1. The molecule has 5 nitrogen and oxygen atoms in total. The van der Waals surface area contributed by atoms with E-state index in [-0.39, 0.29) is 5.97 Å². The summed E-state index contributed by atoms with van der Waals surface area (Å²) < 4.78 is 5.19. The molecule has 25 heavy (non-hydrogen) atoms. The molecule has 2 aromatic rings. The predicted octanol–water partition coefficient (Wildman–Crippen LogP) is 4.35. The van der Waals surface area contributed by atoms with Gasteiger partial charge in [-0.3, -0.25) is 0 Å². The number of hydrogen-bond acceptors (Lipinski definition) is 5. The van der Waals surface area contributed by atoms with Crippen LogP contribution in [0.5, 0.6) is 0 Å². The molecule has 1 fully saturated rings. The van der Waals surface area contributed by atoms with Crippen LogP contribution in [-0.2, 0) is 4.74 Å². The smallest absolute Gasteiger partial charge is 0.343 e. The van der Waals surface area contributed by atoms with E-state index < -0.39 is 0 Å². The lowest BCUT2D eigenvalue weighted by Crippen LogP contribution is -2.39. The molecule has 2 heterocycles. The minimum atomic E-state index is -0.388. The van der Waals surface area contributed by atoms with Crippen molar-refractivity contribution in [2.75, 3.05) is 18.1 Å². The van der Waals surface area contributed by atoms with Crippen molar-refractivity contribution in [2.24, 2.45) is 0 Å². The quantitative estimate of drug-likeness (QED) is 0.759. The molecule has 0 bridgehead atoms. The number of esters is 1. The molecule has 0 amide bonds. The molecule has 0 radical (unpaired) electrons. The zero-order valence-electron chi connectivity index (χ0n) is 14.5. The second kappa shape index (κ2) is 7.83. The van der Waals surface area contributed by atoms with Gasteiger partial charge in [-0.15, -0.1) is 0 Å². The Morgan fingerprint density at radius 1 is 1.36 bits per heavy atom. The van der Waals surface area contributed by atoms with Crippen molar-refractivity contribution in [3.8, 4) is 11.4 Å². The Bertz CT molecular complexity index is 766. The van der Waals surface area contributed by atoms with Crippen LogP contribution in [0.2, 0.25) is 5.02 Å². The van der Waals surface area contributed by atoms with E-state index in [0.29, 0.717) is 34.9 Å². The maximum atomic E-state index is 12.4. The number of benzene rings is 1. The SMILES string of the molecule is CCOC(=O)c1cnc(-c2ccccc2Cl)nc1N1CCCCC1C. The summed E-state index contributed by atoms with van der Waals surface area (Å²) >= 11 is 6.29. The van der Waals surface area contributed by atoms with Crippen LogP contribution < -0.4 is 4.90 Å². The van der Waals surface area contributed by atoms with Crippen LogP contribution in [0.3, 0.4) is 0 Å². The van der Waals surface area contributed by atoms with Gasteiger partial charge in [0.1, 0.15) is 11.4 Å². The zero-order valence-corrected chi connectivity index (χ0v) is 15.3. The second-order valence-electron chi connectivity index (χ2n) is 6.17. The largest absolute Gasteiger partial charge is 0.462 e. The van der Waals surface area contributed by atoms with Crippen molar-refractivity contribution < 1.29 is 9.53 Å². The topological polar surface area (TPSA) is 55.3 Å². The Labute approximate surface area is 153 Å². The van der Waals surface area contributed by atoms with Gasteiger partial charge in [-0.05, 0) is 45.2 Å². The van der Waals surface area contributed by atoms with Crippen LogP contribution in [0.4, 0.5) is 5.82 Å². The molecule has 0 spiro atoms. The van der Waals surface area contributed by atoms with E-state index >= 15 is 0 Å². The third kappa shape index (κ3) is 3.76. The van der Waals surface area contributed by atoms with Gasteiger partial charge < -0.3 is 9.64 Å². The number of aromatic nitrogens is 2. The van der Waals surface area contributed by atoms with Crippen molar-refractivity contribution >= 4 is 23.4 Å². The van der Waals surface area contributed by atoms with E-state index in [9.17, 15) is 4.79 Å². The monoisotopic (exact) mass is 359 g/mol. The predicted molar refractivity (Wildman–Crippen MR) is 99.1 cm³/mol. The molecule has 1 atom stereocenters. The summed E-state index contributed by atoms with van der Waals surface area (Å²) in [7, 11) is 0. The maximum absolute atomic E-state index is 12.4. The first-order chi connectivity index (χ1) is 12.1. The molecule has 0 aliphatic carbocycles. The normalized spacial score (nSPS) is 17.4. The van der Waals surface area contributed by atoms with Crippen LogP contribution in [0, 0.1) is 0 Å². The van der Waals surface area contributed by atoms with Gasteiger partial charge in [0.25, 0.3) is 0 Å². The summed E-state index contributed by atoms with van der Waals surface area (Å²) in [6.07, 6.45) is 4.90. The Morgan fingerprint density at radius 3 is 2.88 bits per heavy atom. The number of rotatable bonds is 4. The molecule has 1 aliphatic rings. The highest BCUT2D eigenvalue weighted by Crippen LogP contribution is 2.30. The van der Waals surface area contributed by atoms with Crippen molar-refractivity contribution in [3.05, 3.63) is 41.0 Å². The molecule has 6 heteroatoms. The summed E-state index contributed by atoms with van der Waals surface area (Å²) in [6, 6.07) is 7.77. The highest BCUT2D eigenvalue weighted by molar-refractivity contribution is 6.33. The Kier molecular flexibility index (Phi) is 5.53. The van der Waals surface area contributed by atoms with Gasteiger partial charge in [-0.1, -0.05) is 23.7 Å². The maximum Gasteiger partial charge on any atom is 0.343 e. The van der Waals surface area contributed by atoms with E-state index in [1.807, 2.05) is 24.3 Å². The van der Waals surface area contributed by atoms with Gasteiger partial charge in [0.2, 0.25) is 0 Å². The minimum absolute atomic E-state index is 0.316. The molecule has 132 valence electrons. The number of nitrogens with zero attached hydrogens (tertiary/aromatic N) is 3. The van der Waals surface area contributed by atoms with Gasteiger partial charge in [-0.25, -0.2) is 14.8 Å². The fraction of sp³-hybridized carbons (Fsp3) is 0.421. The number of piperidine rings is 1. The van der Waals surface area contributed by atoms with Crippen LogP contribution >= 0.6 is 11.6 Å². The molecule has 0 saturated carbocycles. The number of anilines is 1. The van der Waals surface area contributed by atoms with E-state index in [0.717, 1.165) is 24.9 Å². The fourth-order valence-corrected chi connectivity index (χ4v) is 3.35. The van der Waals surface area contributed by atoms with Crippen LogP contribution in [0.25, 0.3) is 11.4 Å². The van der Waals surface area contributed by atoms with Crippen LogP contribution in [0.1, 0.15) is 43.5 Å². The lowest BCUT2D eigenvalue weighted by molar-refractivity contribution is 0.0526. The first-order valence-corrected chi connectivity index (χ1v) is 9.05. The molecular weight excluding hydrogens is 338 g/mol. The lowest BCUT2D eigenvalue weighted by atomic mass is 10.0. The standard InChI is InChI=1S/C19H22ClN3O2/c1-3-25-19(24)15-12-21-17(14-9-4-5-10-16(14)20)22-18(15)23-11-7-6-8-13(23)2/h4-5,9-10,12-13H,3,6-8,11H2,1-2H3. The third-order valence-corrected chi connectivity index (χ3v) is 4.78. The van der Waals surface area contributed by atoms with Gasteiger partial charge >= 0.3 is 5.97 Å². The molecule has 3 rings (SSSR count). The summed E-state index contributed by atoms with van der Waals surface area (Å²) in [5.74, 6) is 0.767. The van der Waals surface area contributed by atoms with Gasteiger partial charge in [0, 0.05) is 24.3 Å². The molecule has 1 aromatic heterocycles. The van der Waals surface area contributed by atoms with Crippen molar-refractivity contribution in [1.82, 2.24) is 9.97 Å². The molecule has 0 N–H and O–H groups in total.